The molecule has 1 N–H and O–H groups in total. The number of Topliss-reactive ketones (excluding diaryl/α,β-unsaturated/α-hetero) is 1. The van der Waals surface area contributed by atoms with Crippen molar-refractivity contribution in [1.29, 1.82) is 0 Å². The Morgan fingerprint density at radius 3 is 2.57 bits per heavy atom. The van der Waals surface area contributed by atoms with Crippen LogP contribution >= 0.6 is 0 Å². The van der Waals surface area contributed by atoms with Gasteiger partial charge in [0.25, 0.3) is 0 Å². The molecule has 0 saturated heterocycles. The van der Waals surface area contributed by atoms with E-state index in [-0.39, 0.29) is 24.3 Å². The fourth-order valence-electron chi connectivity index (χ4n) is 3.95. The predicted molar refractivity (Wildman–Crippen MR) is 108 cm³/mol. The van der Waals surface area contributed by atoms with E-state index in [0.29, 0.717) is 25.2 Å². The maximum atomic E-state index is 13.0. The number of rotatable bonds is 7. The molecule has 1 atom stereocenters. The van der Waals surface area contributed by atoms with Gasteiger partial charge >= 0.3 is 5.97 Å². The van der Waals surface area contributed by atoms with E-state index in [1.54, 1.807) is 0 Å². The van der Waals surface area contributed by atoms with Gasteiger partial charge in [-0.2, -0.15) is 0 Å². The molecule has 0 spiro atoms. The third-order valence-corrected chi connectivity index (χ3v) is 5.38. The van der Waals surface area contributed by atoms with Crippen LogP contribution in [0.5, 0.6) is 0 Å². The van der Waals surface area contributed by atoms with Crippen molar-refractivity contribution in [1.82, 2.24) is 5.32 Å². The number of esters is 1. The van der Waals surface area contributed by atoms with Crippen molar-refractivity contribution in [2.45, 2.75) is 52.4 Å². The topological polar surface area (TPSA) is 64.6 Å². The van der Waals surface area contributed by atoms with Gasteiger partial charge in [0.2, 0.25) is 0 Å². The number of allylic oxidation sites excluding steroid dienone is 3. The monoisotopic (exact) mass is 383 g/mol. The van der Waals surface area contributed by atoms with E-state index in [1.807, 2.05) is 26.0 Å². The number of nitrogens with one attached hydrogen (secondary N) is 1. The normalized spacial score (nSPS) is 19.4. The smallest absolute Gasteiger partial charge is 0.336 e. The van der Waals surface area contributed by atoms with Crippen molar-refractivity contribution in [3.8, 4) is 0 Å². The molecule has 2 aliphatic rings. The standard InChI is InChI=1S/C23H29NO4/c1-4-16-9-11-17(12-10-16)21-20(23(26)28-14-13-27-5-2)15(3)24-18-7-6-8-19(25)22(18)21/h9-12,21,24H,4-8,13-14H2,1-3H3/t21-/m0/s1. The molecule has 0 fully saturated rings. The van der Waals surface area contributed by atoms with Crippen LogP contribution < -0.4 is 5.32 Å². The highest BCUT2D eigenvalue weighted by molar-refractivity contribution is 6.03. The first kappa shape index (κ1) is 20.3. The first-order chi connectivity index (χ1) is 13.6. The van der Waals surface area contributed by atoms with Gasteiger partial charge in [-0.3, -0.25) is 4.79 Å². The van der Waals surface area contributed by atoms with E-state index in [0.717, 1.165) is 41.8 Å². The molecular weight excluding hydrogens is 354 g/mol. The molecule has 1 aliphatic heterocycles. The zero-order valence-corrected chi connectivity index (χ0v) is 17.0. The molecule has 28 heavy (non-hydrogen) atoms. The SMILES string of the molecule is CCOCCOC(=O)C1=C(C)NC2=C(C(=O)CCC2)[C@H]1c1ccc(CC)cc1. The Hall–Kier alpha value is -2.40. The van der Waals surface area contributed by atoms with Crippen molar-refractivity contribution in [2.75, 3.05) is 19.8 Å². The van der Waals surface area contributed by atoms with Gasteiger partial charge in [-0.1, -0.05) is 31.2 Å². The van der Waals surface area contributed by atoms with Crippen LogP contribution in [-0.2, 0) is 25.5 Å². The summed E-state index contributed by atoms with van der Waals surface area (Å²) < 4.78 is 10.7. The Morgan fingerprint density at radius 1 is 1.14 bits per heavy atom. The van der Waals surface area contributed by atoms with Crippen LogP contribution in [0.3, 0.4) is 0 Å². The number of benzene rings is 1. The highest BCUT2D eigenvalue weighted by Crippen LogP contribution is 2.42. The summed E-state index contributed by atoms with van der Waals surface area (Å²) in [5.41, 5.74) is 5.14. The fourth-order valence-corrected chi connectivity index (χ4v) is 3.95. The number of ether oxygens (including phenoxy) is 2. The molecule has 1 heterocycles. The van der Waals surface area contributed by atoms with Gasteiger partial charge in [0.1, 0.15) is 6.61 Å². The molecule has 0 amide bonds. The quantitative estimate of drug-likeness (QED) is 0.573. The molecular formula is C23H29NO4. The van der Waals surface area contributed by atoms with Crippen LogP contribution in [-0.4, -0.2) is 31.6 Å². The van der Waals surface area contributed by atoms with Crippen LogP contribution in [0.25, 0.3) is 0 Å². The van der Waals surface area contributed by atoms with Crippen molar-refractivity contribution >= 4 is 11.8 Å². The average Bonchev–Trinajstić information content (AvgIpc) is 2.70. The summed E-state index contributed by atoms with van der Waals surface area (Å²) in [4.78, 5) is 25.8. The van der Waals surface area contributed by atoms with Crippen LogP contribution in [0.4, 0.5) is 0 Å². The molecule has 0 bridgehead atoms. The number of carbonyl (C=O) groups is 2. The lowest BCUT2D eigenvalue weighted by Crippen LogP contribution is -2.34. The van der Waals surface area contributed by atoms with Gasteiger partial charge in [0, 0.05) is 35.9 Å². The summed E-state index contributed by atoms with van der Waals surface area (Å²) >= 11 is 0. The molecule has 1 aromatic carbocycles. The summed E-state index contributed by atoms with van der Waals surface area (Å²) in [5, 5.41) is 3.31. The van der Waals surface area contributed by atoms with Gasteiger partial charge in [-0.25, -0.2) is 4.79 Å². The molecule has 5 heteroatoms. The van der Waals surface area contributed by atoms with Gasteiger partial charge in [0.05, 0.1) is 12.2 Å². The second kappa shape index (κ2) is 9.20. The zero-order chi connectivity index (χ0) is 20.1. The maximum Gasteiger partial charge on any atom is 0.336 e. The molecule has 0 unspecified atom stereocenters. The average molecular weight is 383 g/mol. The molecule has 3 rings (SSSR count). The van der Waals surface area contributed by atoms with Gasteiger partial charge in [-0.15, -0.1) is 0 Å². The zero-order valence-electron chi connectivity index (χ0n) is 17.0. The Morgan fingerprint density at radius 2 is 1.89 bits per heavy atom. The Kier molecular flexibility index (Phi) is 6.68. The van der Waals surface area contributed by atoms with E-state index in [1.165, 1.54) is 5.56 Å². The van der Waals surface area contributed by atoms with Crippen molar-refractivity contribution < 1.29 is 19.1 Å². The predicted octanol–water partition coefficient (Wildman–Crippen LogP) is 3.80. The number of ketones is 1. The van der Waals surface area contributed by atoms with E-state index >= 15 is 0 Å². The number of aryl methyl sites for hydroxylation is 1. The van der Waals surface area contributed by atoms with Crippen LogP contribution in [0, 0.1) is 0 Å². The van der Waals surface area contributed by atoms with Crippen LogP contribution in [0.1, 0.15) is 57.1 Å². The lowest BCUT2D eigenvalue weighted by atomic mass is 9.75. The van der Waals surface area contributed by atoms with E-state index < -0.39 is 0 Å². The lowest BCUT2D eigenvalue weighted by Gasteiger charge is -2.34. The summed E-state index contributed by atoms with van der Waals surface area (Å²) in [6, 6.07) is 8.20. The Labute approximate surface area is 166 Å². The van der Waals surface area contributed by atoms with Crippen molar-refractivity contribution in [3.05, 3.63) is 57.9 Å². The molecule has 0 aromatic heterocycles. The summed E-state index contributed by atoms with van der Waals surface area (Å²) in [5.74, 6) is -0.654. The third-order valence-electron chi connectivity index (χ3n) is 5.38. The van der Waals surface area contributed by atoms with E-state index in [4.69, 9.17) is 9.47 Å². The number of dihydropyridines is 1. The summed E-state index contributed by atoms with van der Waals surface area (Å²) in [6.07, 6.45) is 3.14. The van der Waals surface area contributed by atoms with E-state index in [2.05, 4.69) is 24.4 Å². The molecule has 0 radical (unpaired) electrons. The molecule has 1 aromatic rings. The minimum Gasteiger partial charge on any atom is -0.460 e. The first-order valence-electron chi connectivity index (χ1n) is 10.1. The Balaban J connectivity index is 1.97. The van der Waals surface area contributed by atoms with Crippen LogP contribution in [0.15, 0.2) is 46.8 Å². The number of hydrogen-bond donors (Lipinski definition) is 1. The molecule has 1 aliphatic carbocycles. The minimum atomic E-state index is -0.390. The highest BCUT2D eigenvalue weighted by atomic mass is 16.6. The first-order valence-corrected chi connectivity index (χ1v) is 10.1. The maximum absolute atomic E-state index is 13.0. The number of hydrogen-bond acceptors (Lipinski definition) is 5. The van der Waals surface area contributed by atoms with E-state index in [9.17, 15) is 9.59 Å². The fraction of sp³-hybridized carbons (Fsp3) is 0.478. The largest absolute Gasteiger partial charge is 0.460 e. The molecule has 0 saturated carbocycles. The summed E-state index contributed by atoms with van der Waals surface area (Å²) in [7, 11) is 0. The molecule has 150 valence electrons. The molecule has 5 nitrogen and oxygen atoms in total. The number of carbonyl (C=O) groups excluding carboxylic acids is 2. The van der Waals surface area contributed by atoms with Gasteiger partial charge < -0.3 is 14.8 Å². The van der Waals surface area contributed by atoms with Gasteiger partial charge in [0.15, 0.2) is 5.78 Å². The van der Waals surface area contributed by atoms with Crippen molar-refractivity contribution in [3.63, 3.8) is 0 Å². The summed E-state index contributed by atoms with van der Waals surface area (Å²) in [6.45, 7) is 7.04. The minimum absolute atomic E-state index is 0.116. The Bertz CT molecular complexity index is 804. The lowest BCUT2D eigenvalue weighted by molar-refractivity contribution is -0.140. The van der Waals surface area contributed by atoms with Crippen LogP contribution in [0.2, 0.25) is 0 Å². The van der Waals surface area contributed by atoms with Gasteiger partial charge in [-0.05, 0) is 44.2 Å². The third kappa shape index (κ3) is 4.20. The second-order valence-corrected chi connectivity index (χ2v) is 7.19. The highest BCUT2D eigenvalue weighted by Gasteiger charge is 2.39. The van der Waals surface area contributed by atoms with Crippen molar-refractivity contribution in [2.24, 2.45) is 0 Å². The second-order valence-electron chi connectivity index (χ2n) is 7.19.